The van der Waals surface area contributed by atoms with E-state index in [1.54, 1.807) is 0 Å². The van der Waals surface area contributed by atoms with Gasteiger partial charge in [-0.3, -0.25) is 9.59 Å². The molecule has 3 N–H and O–H groups in total. The normalized spacial score (nSPS) is 12.0. The lowest BCUT2D eigenvalue weighted by Crippen LogP contribution is -2.42. The number of esters is 2. The quantitative estimate of drug-likeness (QED) is 0.330. The van der Waals surface area contributed by atoms with Crippen LogP contribution >= 0.6 is 0 Å². The zero-order valence-corrected chi connectivity index (χ0v) is 15.5. The maximum absolute atomic E-state index is 12.1. The number of hydrogen-bond acceptors (Lipinski definition) is 6. The van der Waals surface area contributed by atoms with Crippen LogP contribution in [0.3, 0.4) is 0 Å². The lowest BCUT2D eigenvalue weighted by Gasteiger charge is -2.16. The SMILES string of the molecule is CCCCCCOC(=O)CC(NCCN)C(=O)OCCCCCC. The van der Waals surface area contributed by atoms with Crippen LogP contribution in [0.1, 0.15) is 71.6 Å². The molecule has 0 bridgehead atoms. The summed E-state index contributed by atoms with van der Waals surface area (Å²) < 4.78 is 10.4. The van der Waals surface area contributed by atoms with E-state index in [0.29, 0.717) is 26.3 Å². The molecule has 0 saturated heterocycles. The summed E-state index contributed by atoms with van der Waals surface area (Å²) in [7, 11) is 0. The molecule has 0 aromatic carbocycles. The summed E-state index contributed by atoms with van der Waals surface area (Å²) in [4.78, 5) is 24.0. The van der Waals surface area contributed by atoms with Crippen molar-refractivity contribution in [2.75, 3.05) is 26.3 Å². The highest BCUT2D eigenvalue weighted by atomic mass is 16.5. The minimum Gasteiger partial charge on any atom is -0.466 e. The van der Waals surface area contributed by atoms with E-state index in [1.165, 1.54) is 0 Å². The van der Waals surface area contributed by atoms with Crippen LogP contribution in [0.5, 0.6) is 0 Å². The third-order valence-electron chi connectivity index (χ3n) is 3.69. The van der Waals surface area contributed by atoms with E-state index in [2.05, 4.69) is 19.2 Å². The van der Waals surface area contributed by atoms with Gasteiger partial charge in [0.25, 0.3) is 0 Å². The molecule has 0 saturated carbocycles. The van der Waals surface area contributed by atoms with Gasteiger partial charge in [0, 0.05) is 13.1 Å². The monoisotopic (exact) mass is 344 g/mol. The summed E-state index contributed by atoms with van der Waals surface area (Å²) >= 11 is 0. The Morgan fingerprint density at radius 1 is 0.917 bits per heavy atom. The van der Waals surface area contributed by atoms with Gasteiger partial charge in [-0.25, -0.2) is 0 Å². The number of hydrogen-bond donors (Lipinski definition) is 2. The second-order valence-corrected chi connectivity index (χ2v) is 6.01. The number of carbonyl (C=O) groups excluding carboxylic acids is 2. The number of nitrogens with two attached hydrogens (primary N) is 1. The molecule has 0 spiro atoms. The predicted octanol–water partition coefficient (Wildman–Crippen LogP) is 2.54. The minimum absolute atomic E-state index is 0.0123. The molecule has 6 nitrogen and oxygen atoms in total. The van der Waals surface area contributed by atoms with Crippen LogP contribution in [0.4, 0.5) is 0 Å². The van der Waals surface area contributed by atoms with Crippen molar-refractivity contribution < 1.29 is 19.1 Å². The first-order valence-electron chi connectivity index (χ1n) is 9.41. The van der Waals surface area contributed by atoms with Gasteiger partial charge in [0.05, 0.1) is 19.6 Å². The van der Waals surface area contributed by atoms with Crippen LogP contribution < -0.4 is 11.1 Å². The molecule has 0 heterocycles. The fourth-order valence-corrected chi connectivity index (χ4v) is 2.24. The molecule has 0 rings (SSSR count). The highest BCUT2D eigenvalue weighted by Gasteiger charge is 2.23. The molecule has 0 aliphatic carbocycles. The standard InChI is InChI=1S/C18H36N2O4/c1-3-5-7-9-13-23-17(21)15-16(20-12-11-19)18(22)24-14-10-8-6-4-2/h16,20H,3-15,19H2,1-2H3. The first kappa shape index (κ1) is 22.9. The van der Waals surface area contributed by atoms with Crippen molar-refractivity contribution in [1.82, 2.24) is 5.32 Å². The third-order valence-corrected chi connectivity index (χ3v) is 3.69. The number of ether oxygens (including phenoxy) is 2. The van der Waals surface area contributed by atoms with Gasteiger partial charge < -0.3 is 20.5 Å². The Hall–Kier alpha value is -1.14. The van der Waals surface area contributed by atoms with Crippen LogP contribution in [-0.4, -0.2) is 44.3 Å². The van der Waals surface area contributed by atoms with Crippen molar-refractivity contribution in [2.45, 2.75) is 77.7 Å². The van der Waals surface area contributed by atoms with Crippen molar-refractivity contribution in [3.8, 4) is 0 Å². The Morgan fingerprint density at radius 3 is 2.04 bits per heavy atom. The van der Waals surface area contributed by atoms with E-state index in [4.69, 9.17) is 15.2 Å². The molecule has 0 amide bonds. The molecule has 142 valence electrons. The van der Waals surface area contributed by atoms with E-state index < -0.39 is 12.0 Å². The Balaban J connectivity index is 4.08. The molecule has 0 radical (unpaired) electrons. The lowest BCUT2D eigenvalue weighted by molar-refractivity contribution is -0.153. The minimum atomic E-state index is -0.678. The lowest BCUT2D eigenvalue weighted by atomic mass is 10.2. The number of unbranched alkanes of at least 4 members (excludes halogenated alkanes) is 6. The first-order chi connectivity index (χ1) is 11.7. The van der Waals surface area contributed by atoms with Crippen LogP contribution in [-0.2, 0) is 19.1 Å². The van der Waals surface area contributed by atoms with Gasteiger partial charge in [0.2, 0.25) is 0 Å². The highest BCUT2D eigenvalue weighted by molar-refractivity contribution is 5.82. The molecule has 24 heavy (non-hydrogen) atoms. The smallest absolute Gasteiger partial charge is 0.323 e. The molecule has 1 unspecified atom stereocenters. The van der Waals surface area contributed by atoms with E-state index in [0.717, 1.165) is 51.4 Å². The summed E-state index contributed by atoms with van der Waals surface area (Å²) in [6, 6.07) is -0.678. The van der Waals surface area contributed by atoms with Crippen LogP contribution in [0.2, 0.25) is 0 Å². The zero-order chi connectivity index (χ0) is 18.0. The van der Waals surface area contributed by atoms with Crippen molar-refractivity contribution in [3.05, 3.63) is 0 Å². The molecule has 0 aromatic heterocycles. The molecule has 0 aromatic rings. The maximum Gasteiger partial charge on any atom is 0.323 e. The van der Waals surface area contributed by atoms with Crippen LogP contribution in [0.25, 0.3) is 0 Å². The van der Waals surface area contributed by atoms with Gasteiger partial charge in [-0.2, -0.15) is 0 Å². The average Bonchev–Trinajstić information content (AvgIpc) is 2.58. The number of rotatable bonds is 16. The highest BCUT2D eigenvalue weighted by Crippen LogP contribution is 2.04. The summed E-state index contributed by atoms with van der Waals surface area (Å²) in [6.07, 6.45) is 8.36. The van der Waals surface area contributed by atoms with E-state index in [1.807, 2.05) is 0 Å². The second-order valence-electron chi connectivity index (χ2n) is 6.01. The Kier molecular flexibility index (Phi) is 15.9. The van der Waals surface area contributed by atoms with Crippen molar-refractivity contribution in [3.63, 3.8) is 0 Å². The molecule has 1 atom stereocenters. The number of carbonyl (C=O) groups is 2. The Bertz CT molecular complexity index is 324. The molecule has 0 aliphatic heterocycles. The molecule has 0 aliphatic rings. The summed E-state index contributed by atoms with van der Waals surface area (Å²) in [6.45, 7) is 5.92. The fourth-order valence-electron chi connectivity index (χ4n) is 2.24. The first-order valence-corrected chi connectivity index (χ1v) is 9.41. The van der Waals surface area contributed by atoms with Crippen molar-refractivity contribution in [2.24, 2.45) is 5.73 Å². The van der Waals surface area contributed by atoms with Gasteiger partial charge in [0.15, 0.2) is 0 Å². The van der Waals surface area contributed by atoms with Gasteiger partial charge >= 0.3 is 11.9 Å². The second kappa shape index (κ2) is 16.7. The third kappa shape index (κ3) is 13.3. The van der Waals surface area contributed by atoms with Crippen molar-refractivity contribution >= 4 is 11.9 Å². The zero-order valence-electron chi connectivity index (χ0n) is 15.5. The predicted molar refractivity (Wildman–Crippen MR) is 95.7 cm³/mol. The maximum atomic E-state index is 12.1. The number of nitrogens with one attached hydrogen (secondary N) is 1. The van der Waals surface area contributed by atoms with E-state index >= 15 is 0 Å². The van der Waals surface area contributed by atoms with Gasteiger partial charge in [-0.05, 0) is 12.8 Å². The van der Waals surface area contributed by atoms with E-state index in [9.17, 15) is 9.59 Å². The topological polar surface area (TPSA) is 90.6 Å². The van der Waals surface area contributed by atoms with Gasteiger partial charge in [-0.1, -0.05) is 52.4 Å². The summed E-state index contributed by atoms with van der Waals surface area (Å²) in [5.41, 5.74) is 5.46. The van der Waals surface area contributed by atoms with Crippen molar-refractivity contribution in [1.29, 1.82) is 0 Å². The van der Waals surface area contributed by atoms with Gasteiger partial charge in [-0.15, -0.1) is 0 Å². The van der Waals surface area contributed by atoms with E-state index in [-0.39, 0.29) is 12.4 Å². The summed E-state index contributed by atoms with van der Waals surface area (Å²) in [5, 5.41) is 2.96. The largest absolute Gasteiger partial charge is 0.466 e. The average molecular weight is 344 g/mol. The van der Waals surface area contributed by atoms with Crippen LogP contribution in [0.15, 0.2) is 0 Å². The Labute approximate surface area is 146 Å². The Morgan fingerprint density at radius 2 is 1.50 bits per heavy atom. The summed E-state index contributed by atoms with van der Waals surface area (Å²) in [5.74, 6) is -0.771. The van der Waals surface area contributed by atoms with Gasteiger partial charge in [0.1, 0.15) is 6.04 Å². The molecular weight excluding hydrogens is 308 g/mol. The van der Waals surface area contributed by atoms with Crippen LogP contribution in [0, 0.1) is 0 Å². The molecular formula is C18H36N2O4. The fraction of sp³-hybridized carbons (Fsp3) is 0.889. The molecule has 0 fully saturated rings. The molecule has 6 heteroatoms.